The highest BCUT2D eigenvalue weighted by molar-refractivity contribution is 7.98. The number of sulfone groups is 1. The Morgan fingerprint density at radius 2 is 1.14 bits per heavy atom. The van der Waals surface area contributed by atoms with Crippen molar-refractivity contribution < 1.29 is 27.5 Å². The number of benzene rings is 2. The Labute approximate surface area is 286 Å². The maximum atomic E-state index is 11.6. The van der Waals surface area contributed by atoms with Crippen LogP contribution >= 0.6 is 11.8 Å². The van der Waals surface area contributed by atoms with Crippen LogP contribution < -0.4 is 20.1 Å². The van der Waals surface area contributed by atoms with Gasteiger partial charge in [-0.3, -0.25) is 19.6 Å². The van der Waals surface area contributed by atoms with Crippen molar-refractivity contribution in [2.75, 3.05) is 26.6 Å². The number of nitrogens with zero attached hydrogens (tertiary/aromatic N) is 6. The van der Waals surface area contributed by atoms with E-state index in [2.05, 4.69) is 40.5 Å². The summed E-state index contributed by atoms with van der Waals surface area (Å²) < 4.78 is 34.5. The number of carbonyl (C=O) groups is 2. The van der Waals surface area contributed by atoms with E-state index < -0.39 is 9.84 Å². The summed E-state index contributed by atoms with van der Waals surface area (Å²) in [5.41, 5.74) is 1.89. The van der Waals surface area contributed by atoms with Gasteiger partial charge in [-0.25, -0.2) is 28.4 Å². The van der Waals surface area contributed by atoms with Crippen molar-refractivity contribution in [3.05, 3.63) is 96.8 Å². The molecule has 0 saturated heterocycles. The molecular formula is C33H32N8O6S2. The predicted molar refractivity (Wildman–Crippen MR) is 186 cm³/mol. The first-order valence-corrected chi connectivity index (χ1v) is 17.2. The number of fused-ring (bicyclic) bond motifs is 2. The second kappa shape index (κ2) is 15.9. The minimum absolute atomic E-state index is 0. The molecule has 6 aromatic rings. The number of rotatable bonds is 8. The van der Waals surface area contributed by atoms with Crippen LogP contribution in [-0.4, -0.2) is 76.7 Å². The molecule has 0 fully saturated rings. The van der Waals surface area contributed by atoms with Crippen LogP contribution in [0.25, 0.3) is 21.8 Å². The molecule has 0 aliphatic heterocycles. The molecule has 14 nitrogen and oxygen atoms in total. The van der Waals surface area contributed by atoms with Crippen molar-refractivity contribution in [3.63, 3.8) is 0 Å². The maximum absolute atomic E-state index is 11.6. The number of hydrogen-bond donors (Lipinski definition) is 2. The van der Waals surface area contributed by atoms with Gasteiger partial charge in [0.15, 0.2) is 5.16 Å². The molecule has 6 rings (SSSR count). The number of amides is 2. The van der Waals surface area contributed by atoms with Crippen LogP contribution in [0.5, 0.6) is 23.0 Å². The molecule has 49 heavy (non-hydrogen) atoms. The zero-order chi connectivity index (χ0) is 34.3. The normalized spacial score (nSPS) is 10.7. The average molecular weight is 701 g/mol. The van der Waals surface area contributed by atoms with E-state index in [1.807, 2.05) is 24.5 Å². The Morgan fingerprint density at radius 3 is 1.61 bits per heavy atom. The number of ether oxygens (including phenoxy) is 2. The zero-order valence-corrected chi connectivity index (χ0v) is 27.7. The van der Waals surface area contributed by atoms with E-state index in [1.54, 1.807) is 49.6 Å². The number of nitrogens with one attached hydrogen (secondary N) is 2. The molecule has 16 heteroatoms. The van der Waals surface area contributed by atoms with E-state index >= 15 is 0 Å². The number of pyridine rings is 2. The average Bonchev–Trinajstić information content (AvgIpc) is 3.10. The molecule has 0 saturated carbocycles. The summed E-state index contributed by atoms with van der Waals surface area (Å²) in [4.78, 5) is 47.8. The fourth-order valence-electron chi connectivity index (χ4n) is 4.12. The van der Waals surface area contributed by atoms with E-state index in [4.69, 9.17) is 9.47 Å². The molecule has 2 aromatic carbocycles. The molecule has 252 valence electrons. The smallest absolute Gasteiger partial charge is 0.269 e. The van der Waals surface area contributed by atoms with Crippen LogP contribution in [0.2, 0.25) is 0 Å². The van der Waals surface area contributed by atoms with Gasteiger partial charge in [0.05, 0.1) is 11.0 Å². The van der Waals surface area contributed by atoms with Gasteiger partial charge in [-0.05, 0) is 54.8 Å². The zero-order valence-electron chi connectivity index (χ0n) is 26.0. The van der Waals surface area contributed by atoms with E-state index in [0.717, 1.165) is 22.3 Å². The first-order valence-electron chi connectivity index (χ1n) is 14.1. The molecular weight excluding hydrogens is 669 g/mol. The summed E-state index contributed by atoms with van der Waals surface area (Å²) in [6, 6.07) is 17.0. The van der Waals surface area contributed by atoms with Crippen LogP contribution in [0, 0.1) is 0 Å². The Morgan fingerprint density at radius 1 is 0.673 bits per heavy atom. The van der Waals surface area contributed by atoms with Crippen molar-refractivity contribution in [1.82, 2.24) is 40.5 Å². The molecule has 0 bridgehead atoms. The fourth-order valence-corrected chi connectivity index (χ4v) is 4.98. The van der Waals surface area contributed by atoms with Crippen LogP contribution in [0.3, 0.4) is 0 Å². The third kappa shape index (κ3) is 9.21. The standard InChI is InChI=1S/C16H14N4O4S.C16H14N4O2S.CH4/c1-17-15(21)14-8-12(5-6-18-14)24-11-3-4-13-10(7-11)9-19-16(20-13)25(2,22)23;1-17-15(21)14-8-12(5-6-18-14)22-11-3-4-13-10(7-11)9-19-16(20-13)23-2;/h3-9H,1-2H3,(H,17,21);3-9H,1-2H3,(H,17,21);1H4. The molecule has 0 radical (unpaired) electrons. The van der Waals surface area contributed by atoms with Gasteiger partial charge in [-0.2, -0.15) is 0 Å². The first-order chi connectivity index (χ1) is 23.1. The minimum atomic E-state index is -3.47. The highest BCUT2D eigenvalue weighted by Gasteiger charge is 2.13. The van der Waals surface area contributed by atoms with Crippen LogP contribution in [0.1, 0.15) is 28.4 Å². The van der Waals surface area contributed by atoms with Gasteiger partial charge in [-0.15, -0.1) is 0 Å². The van der Waals surface area contributed by atoms with Crippen molar-refractivity contribution in [2.45, 2.75) is 17.7 Å². The topological polar surface area (TPSA) is 188 Å². The molecule has 2 amide bonds. The number of carbonyl (C=O) groups excluding carboxylic acids is 2. The van der Waals surface area contributed by atoms with Crippen LogP contribution in [0.15, 0.2) is 95.8 Å². The van der Waals surface area contributed by atoms with Gasteiger partial charge in [-0.1, -0.05) is 19.2 Å². The third-order valence-electron chi connectivity index (χ3n) is 6.43. The van der Waals surface area contributed by atoms with E-state index in [9.17, 15) is 18.0 Å². The summed E-state index contributed by atoms with van der Waals surface area (Å²) in [7, 11) is -0.388. The lowest BCUT2D eigenvalue weighted by molar-refractivity contribution is 0.0950. The van der Waals surface area contributed by atoms with Gasteiger partial charge in [0.2, 0.25) is 15.0 Å². The van der Waals surface area contributed by atoms with E-state index in [1.165, 1.54) is 43.5 Å². The van der Waals surface area contributed by atoms with Crippen molar-refractivity contribution in [2.24, 2.45) is 0 Å². The Kier molecular flexibility index (Phi) is 11.7. The molecule has 0 aliphatic carbocycles. The van der Waals surface area contributed by atoms with Crippen molar-refractivity contribution in [1.29, 1.82) is 0 Å². The number of hydrogen-bond acceptors (Lipinski definition) is 13. The molecule has 0 unspecified atom stereocenters. The molecule has 4 aromatic heterocycles. The summed E-state index contributed by atoms with van der Waals surface area (Å²) in [6.45, 7) is 0. The maximum Gasteiger partial charge on any atom is 0.269 e. The molecule has 4 heterocycles. The minimum Gasteiger partial charge on any atom is -0.457 e. The number of thioether (sulfide) groups is 1. The third-order valence-corrected chi connectivity index (χ3v) is 7.85. The molecule has 0 atom stereocenters. The summed E-state index contributed by atoms with van der Waals surface area (Å²) >= 11 is 1.50. The van der Waals surface area contributed by atoms with Crippen LogP contribution in [0.4, 0.5) is 0 Å². The molecule has 2 N–H and O–H groups in total. The second-order valence-electron chi connectivity index (χ2n) is 9.84. The van der Waals surface area contributed by atoms with Gasteiger partial charge < -0.3 is 20.1 Å². The highest BCUT2D eigenvalue weighted by atomic mass is 32.2. The first kappa shape index (κ1) is 36.1. The molecule has 0 spiro atoms. The van der Waals surface area contributed by atoms with Crippen LogP contribution in [-0.2, 0) is 9.84 Å². The quantitative estimate of drug-likeness (QED) is 0.158. The highest BCUT2D eigenvalue weighted by Crippen LogP contribution is 2.27. The lowest BCUT2D eigenvalue weighted by Crippen LogP contribution is -2.18. The molecule has 0 aliphatic rings. The van der Waals surface area contributed by atoms with Crippen molar-refractivity contribution >= 4 is 55.2 Å². The summed E-state index contributed by atoms with van der Waals surface area (Å²) in [5, 5.41) is 7.05. The largest absolute Gasteiger partial charge is 0.457 e. The summed E-state index contributed by atoms with van der Waals surface area (Å²) in [5.74, 6) is 1.56. The van der Waals surface area contributed by atoms with Crippen molar-refractivity contribution in [3.8, 4) is 23.0 Å². The fraction of sp³-hybridized carbons (Fsp3) is 0.152. The monoisotopic (exact) mass is 700 g/mol. The lowest BCUT2D eigenvalue weighted by Gasteiger charge is -2.08. The predicted octanol–water partition coefficient (Wildman–Crippen LogP) is 5.11. The lowest BCUT2D eigenvalue weighted by atomic mass is 10.2. The van der Waals surface area contributed by atoms with Gasteiger partial charge >= 0.3 is 0 Å². The Balaban J connectivity index is 0.000000217. The van der Waals surface area contributed by atoms with Gasteiger partial charge in [0.1, 0.15) is 34.4 Å². The van der Waals surface area contributed by atoms with E-state index in [-0.39, 0.29) is 30.1 Å². The number of aromatic nitrogens is 6. The van der Waals surface area contributed by atoms with Gasteiger partial charge in [0.25, 0.3) is 11.8 Å². The summed E-state index contributed by atoms with van der Waals surface area (Å²) in [6.07, 6.45) is 9.19. The SMILES string of the molecule is C.CNC(=O)c1cc(Oc2ccc3nc(S(C)(=O)=O)ncc3c2)ccn1.CNC(=O)c1cc(Oc2ccc3nc(SC)ncc3c2)ccn1. The Bertz CT molecular complexity index is 2250. The van der Waals surface area contributed by atoms with E-state index in [0.29, 0.717) is 39.6 Å². The van der Waals surface area contributed by atoms with Gasteiger partial charge in [0, 0.05) is 68.0 Å². The Hall–Kier alpha value is -5.74. The second-order valence-corrected chi connectivity index (χ2v) is 12.5.